The molecule has 1 amide bonds. The van der Waals surface area contributed by atoms with Crippen LogP contribution in [0.3, 0.4) is 0 Å². The SMILES string of the molecule is COc1ccc(-c2nc(-c3cc(C(=O)N4CCC(Cc5ccccc5)CC4)c(C)n3Cc3ccco3)cs2)cc1. The van der Waals surface area contributed by atoms with Gasteiger partial charge in [0.1, 0.15) is 16.5 Å². The molecule has 3 aromatic heterocycles. The van der Waals surface area contributed by atoms with Gasteiger partial charge in [0, 0.05) is 29.7 Å². The predicted molar refractivity (Wildman–Crippen MR) is 159 cm³/mol. The minimum atomic E-state index is 0.0979. The summed E-state index contributed by atoms with van der Waals surface area (Å²) in [5, 5.41) is 2.99. The molecule has 4 heterocycles. The molecule has 0 bridgehead atoms. The maximum Gasteiger partial charge on any atom is 0.255 e. The van der Waals surface area contributed by atoms with E-state index in [-0.39, 0.29) is 5.91 Å². The number of benzene rings is 2. The summed E-state index contributed by atoms with van der Waals surface area (Å²) in [7, 11) is 1.66. The Labute approximate surface area is 238 Å². The van der Waals surface area contributed by atoms with Crippen molar-refractivity contribution in [1.82, 2.24) is 14.5 Å². The Morgan fingerprint density at radius 2 is 1.82 bits per heavy atom. The number of carbonyl (C=O) groups is 1. The van der Waals surface area contributed by atoms with E-state index in [1.807, 2.05) is 54.3 Å². The van der Waals surface area contributed by atoms with Crippen molar-refractivity contribution in [3.63, 3.8) is 0 Å². The molecule has 0 radical (unpaired) electrons. The number of ether oxygens (including phenoxy) is 1. The Kier molecular flexibility index (Phi) is 7.55. The van der Waals surface area contributed by atoms with Crippen molar-refractivity contribution in [3.05, 3.63) is 107 Å². The van der Waals surface area contributed by atoms with Crippen LogP contribution in [0.1, 0.15) is 40.2 Å². The van der Waals surface area contributed by atoms with Gasteiger partial charge >= 0.3 is 0 Å². The molecule has 0 atom stereocenters. The van der Waals surface area contributed by atoms with E-state index in [1.165, 1.54) is 5.56 Å². The van der Waals surface area contributed by atoms with E-state index in [0.717, 1.165) is 77.1 Å². The quantitative estimate of drug-likeness (QED) is 0.203. The first-order valence-electron chi connectivity index (χ1n) is 13.7. The zero-order chi connectivity index (χ0) is 27.5. The van der Waals surface area contributed by atoms with E-state index in [0.29, 0.717) is 12.5 Å². The highest BCUT2D eigenvalue weighted by Gasteiger charge is 2.28. The van der Waals surface area contributed by atoms with Gasteiger partial charge in [0.25, 0.3) is 5.91 Å². The standard InChI is InChI=1S/C33H33N3O3S/c1-23-29(33(37)35-16-14-25(15-17-35)19-24-7-4-3-5-8-24)20-31(36(23)21-28-9-6-18-39-28)30-22-40-32(34-30)26-10-12-27(38-2)13-11-26/h3-13,18,20,22,25H,14-17,19,21H2,1-2H3. The Morgan fingerprint density at radius 1 is 1.05 bits per heavy atom. The normalized spacial score (nSPS) is 14.0. The first-order chi connectivity index (χ1) is 19.6. The van der Waals surface area contributed by atoms with Crippen molar-refractivity contribution >= 4 is 17.2 Å². The fraction of sp³-hybridized carbons (Fsp3) is 0.273. The van der Waals surface area contributed by atoms with E-state index in [4.69, 9.17) is 14.1 Å². The number of piperidine rings is 1. The Hall–Kier alpha value is -4.10. The van der Waals surface area contributed by atoms with Crippen LogP contribution >= 0.6 is 11.3 Å². The van der Waals surface area contributed by atoms with Crippen LogP contribution in [0.2, 0.25) is 0 Å². The molecule has 5 aromatic rings. The minimum Gasteiger partial charge on any atom is -0.497 e. The summed E-state index contributed by atoms with van der Waals surface area (Å²) in [5.74, 6) is 2.36. The van der Waals surface area contributed by atoms with Crippen molar-refractivity contribution in [1.29, 1.82) is 0 Å². The summed E-state index contributed by atoms with van der Waals surface area (Å²) >= 11 is 1.60. The molecule has 1 fully saturated rings. The van der Waals surface area contributed by atoms with Gasteiger partial charge < -0.3 is 18.6 Å². The van der Waals surface area contributed by atoms with Crippen LogP contribution in [0, 0.1) is 12.8 Å². The molecule has 0 aliphatic carbocycles. The van der Waals surface area contributed by atoms with E-state index in [2.05, 4.69) is 40.3 Å². The number of aromatic nitrogens is 2. The van der Waals surface area contributed by atoms with Crippen molar-refractivity contribution < 1.29 is 13.9 Å². The molecule has 40 heavy (non-hydrogen) atoms. The van der Waals surface area contributed by atoms with Gasteiger partial charge in [-0.25, -0.2) is 4.98 Å². The first-order valence-corrected chi connectivity index (χ1v) is 14.6. The van der Waals surface area contributed by atoms with Crippen LogP contribution < -0.4 is 4.74 Å². The van der Waals surface area contributed by atoms with Crippen LogP contribution in [0.15, 0.2) is 88.9 Å². The average Bonchev–Trinajstić information content (AvgIpc) is 3.76. The van der Waals surface area contributed by atoms with E-state index >= 15 is 0 Å². The lowest BCUT2D eigenvalue weighted by Crippen LogP contribution is -2.39. The van der Waals surface area contributed by atoms with Gasteiger partial charge in [-0.1, -0.05) is 30.3 Å². The average molecular weight is 552 g/mol. The van der Waals surface area contributed by atoms with Gasteiger partial charge in [0.2, 0.25) is 0 Å². The number of hydrogen-bond acceptors (Lipinski definition) is 5. The molecule has 204 valence electrons. The van der Waals surface area contributed by atoms with E-state index in [9.17, 15) is 4.79 Å². The lowest BCUT2D eigenvalue weighted by Gasteiger charge is -2.32. The van der Waals surface area contributed by atoms with E-state index < -0.39 is 0 Å². The van der Waals surface area contributed by atoms with Crippen LogP contribution in [-0.2, 0) is 13.0 Å². The number of thiazole rings is 1. The maximum atomic E-state index is 13.8. The summed E-state index contributed by atoms with van der Waals surface area (Å²) < 4.78 is 13.1. The Balaban J connectivity index is 1.25. The third-order valence-electron chi connectivity index (χ3n) is 7.86. The first kappa shape index (κ1) is 26.1. The number of rotatable bonds is 8. The molecule has 0 spiro atoms. The predicted octanol–water partition coefficient (Wildman–Crippen LogP) is 7.33. The molecule has 2 aromatic carbocycles. The topological polar surface area (TPSA) is 60.5 Å². The summed E-state index contributed by atoms with van der Waals surface area (Å²) in [6.45, 7) is 4.13. The van der Waals surface area contributed by atoms with Gasteiger partial charge in [-0.15, -0.1) is 11.3 Å². The fourth-order valence-electron chi connectivity index (χ4n) is 5.55. The van der Waals surface area contributed by atoms with Crippen LogP contribution in [0.25, 0.3) is 22.0 Å². The molecule has 6 rings (SSSR count). The second-order valence-corrected chi connectivity index (χ2v) is 11.2. The van der Waals surface area contributed by atoms with E-state index in [1.54, 1.807) is 24.7 Å². The number of methoxy groups -OCH3 is 1. The van der Waals surface area contributed by atoms with Crippen molar-refractivity contribution in [2.45, 2.75) is 32.7 Å². The van der Waals surface area contributed by atoms with Crippen LogP contribution in [0.5, 0.6) is 5.75 Å². The lowest BCUT2D eigenvalue weighted by molar-refractivity contribution is 0.0689. The number of furan rings is 1. The molecule has 7 heteroatoms. The highest BCUT2D eigenvalue weighted by molar-refractivity contribution is 7.13. The van der Waals surface area contributed by atoms with Crippen LogP contribution in [0.4, 0.5) is 0 Å². The third kappa shape index (κ3) is 5.47. The second-order valence-electron chi connectivity index (χ2n) is 10.4. The summed E-state index contributed by atoms with van der Waals surface area (Å²) in [4.78, 5) is 20.8. The number of likely N-dealkylation sites (tertiary alicyclic amines) is 1. The Morgan fingerprint density at radius 3 is 2.52 bits per heavy atom. The zero-order valence-corrected chi connectivity index (χ0v) is 23.7. The number of nitrogens with zero attached hydrogens (tertiary/aromatic N) is 3. The molecule has 0 N–H and O–H groups in total. The monoisotopic (exact) mass is 551 g/mol. The van der Waals surface area contributed by atoms with Crippen molar-refractivity contribution in [2.75, 3.05) is 20.2 Å². The number of amides is 1. The molecule has 6 nitrogen and oxygen atoms in total. The lowest BCUT2D eigenvalue weighted by atomic mass is 9.90. The molecular weight excluding hydrogens is 518 g/mol. The number of carbonyl (C=O) groups excluding carboxylic acids is 1. The highest BCUT2D eigenvalue weighted by atomic mass is 32.1. The minimum absolute atomic E-state index is 0.0979. The molecule has 1 aliphatic rings. The summed E-state index contributed by atoms with van der Waals surface area (Å²) in [5.41, 5.74) is 5.86. The van der Waals surface area contributed by atoms with Gasteiger partial charge in [0.15, 0.2) is 0 Å². The highest BCUT2D eigenvalue weighted by Crippen LogP contribution is 2.33. The molecule has 0 unspecified atom stereocenters. The molecular formula is C33H33N3O3S. The van der Waals surface area contributed by atoms with Crippen LogP contribution in [-0.4, -0.2) is 40.6 Å². The van der Waals surface area contributed by atoms with Gasteiger partial charge in [-0.05, 0) is 80.1 Å². The largest absolute Gasteiger partial charge is 0.497 e. The third-order valence-corrected chi connectivity index (χ3v) is 8.75. The van der Waals surface area contributed by atoms with Gasteiger partial charge in [-0.3, -0.25) is 4.79 Å². The number of hydrogen-bond donors (Lipinski definition) is 0. The maximum absolute atomic E-state index is 13.8. The molecule has 1 aliphatic heterocycles. The summed E-state index contributed by atoms with van der Waals surface area (Å²) in [6.07, 6.45) is 4.81. The Bertz CT molecular complexity index is 1560. The van der Waals surface area contributed by atoms with Crippen molar-refractivity contribution in [2.24, 2.45) is 5.92 Å². The van der Waals surface area contributed by atoms with Gasteiger partial charge in [0.05, 0.1) is 36.9 Å². The van der Waals surface area contributed by atoms with Gasteiger partial charge in [-0.2, -0.15) is 0 Å². The smallest absolute Gasteiger partial charge is 0.255 e. The van der Waals surface area contributed by atoms with Crippen molar-refractivity contribution in [3.8, 4) is 27.7 Å². The zero-order valence-electron chi connectivity index (χ0n) is 22.9. The molecule has 1 saturated heterocycles. The second kappa shape index (κ2) is 11.6. The fourth-order valence-corrected chi connectivity index (χ4v) is 6.37. The molecule has 0 saturated carbocycles. The summed E-state index contributed by atoms with van der Waals surface area (Å²) in [6, 6.07) is 24.5.